The minimum absolute atomic E-state index is 0.317. The Morgan fingerprint density at radius 3 is 2.39 bits per heavy atom. The number of para-hydroxylation sites is 1. The molecule has 0 amide bonds. The van der Waals surface area contributed by atoms with E-state index in [0.29, 0.717) is 12.6 Å². The molecule has 3 aromatic carbocycles. The Balaban J connectivity index is 1.22. The van der Waals surface area contributed by atoms with Crippen LogP contribution >= 0.6 is 0 Å². The Labute approximate surface area is 223 Å². The minimum atomic E-state index is 0.317. The number of hydrazone groups is 1. The van der Waals surface area contributed by atoms with Gasteiger partial charge in [-0.3, -0.25) is 0 Å². The summed E-state index contributed by atoms with van der Waals surface area (Å²) in [5.41, 5.74) is 5.46. The molecule has 38 heavy (non-hydrogen) atoms. The third kappa shape index (κ3) is 4.61. The first kappa shape index (κ1) is 23.8. The molecule has 1 aliphatic heterocycles. The van der Waals surface area contributed by atoms with Crippen LogP contribution in [0.3, 0.4) is 0 Å². The van der Waals surface area contributed by atoms with E-state index in [-0.39, 0.29) is 0 Å². The molecular formula is C32H31N5O. The highest BCUT2D eigenvalue weighted by molar-refractivity contribution is 5.98. The van der Waals surface area contributed by atoms with Gasteiger partial charge in [0.05, 0.1) is 11.4 Å². The van der Waals surface area contributed by atoms with Crippen LogP contribution in [-0.2, 0) is 7.05 Å². The number of amidine groups is 1. The van der Waals surface area contributed by atoms with Crippen molar-refractivity contribution in [3.8, 4) is 22.9 Å². The fourth-order valence-corrected chi connectivity index (χ4v) is 5.05. The van der Waals surface area contributed by atoms with Crippen LogP contribution in [0.1, 0.15) is 30.7 Å². The molecule has 6 rings (SSSR count). The number of imidazole rings is 1. The van der Waals surface area contributed by atoms with Crippen molar-refractivity contribution in [1.82, 2.24) is 9.55 Å². The zero-order valence-corrected chi connectivity index (χ0v) is 22.0. The number of anilines is 2. The molecule has 0 unspecified atom stereocenters. The maximum absolute atomic E-state index is 6.33. The molecule has 0 fully saturated rings. The molecule has 2 heterocycles. The van der Waals surface area contributed by atoms with Crippen molar-refractivity contribution in [2.45, 2.75) is 26.2 Å². The summed E-state index contributed by atoms with van der Waals surface area (Å²) in [6.07, 6.45) is 9.63. The van der Waals surface area contributed by atoms with E-state index in [2.05, 4.69) is 78.1 Å². The number of benzene rings is 3. The van der Waals surface area contributed by atoms with Crippen LogP contribution in [0.5, 0.6) is 11.5 Å². The molecular weight excluding hydrogens is 470 g/mol. The molecule has 0 spiro atoms. The van der Waals surface area contributed by atoms with Gasteiger partial charge in [0, 0.05) is 36.0 Å². The summed E-state index contributed by atoms with van der Waals surface area (Å²) < 4.78 is 8.50. The summed E-state index contributed by atoms with van der Waals surface area (Å²) in [6, 6.07) is 26.5. The molecule has 1 atom stereocenters. The highest BCUT2D eigenvalue weighted by Crippen LogP contribution is 2.33. The van der Waals surface area contributed by atoms with Crippen molar-refractivity contribution in [3.63, 3.8) is 0 Å². The second kappa shape index (κ2) is 10.1. The van der Waals surface area contributed by atoms with E-state index < -0.39 is 0 Å². The average molecular weight is 502 g/mol. The van der Waals surface area contributed by atoms with E-state index in [1.807, 2.05) is 60.5 Å². The Morgan fingerprint density at radius 1 is 0.842 bits per heavy atom. The van der Waals surface area contributed by atoms with Crippen molar-refractivity contribution in [2.24, 2.45) is 12.1 Å². The van der Waals surface area contributed by atoms with E-state index in [9.17, 15) is 0 Å². The molecule has 0 saturated carbocycles. The third-order valence-electron chi connectivity index (χ3n) is 7.19. The summed E-state index contributed by atoms with van der Waals surface area (Å²) in [4.78, 5) is 7.25. The van der Waals surface area contributed by atoms with Gasteiger partial charge in [-0.25, -0.2) is 9.99 Å². The summed E-state index contributed by atoms with van der Waals surface area (Å²) in [6.45, 7) is 4.83. The van der Waals surface area contributed by atoms with Crippen molar-refractivity contribution in [2.75, 3.05) is 16.6 Å². The van der Waals surface area contributed by atoms with Crippen LogP contribution in [0.4, 0.5) is 11.4 Å². The monoisotopic (exact) mass is 501 g/mol. The molecule has 190 valence electrons. The van der Waals surface area contributed by atoms with E-state index >= 15 is 0 Å². The van der Waals surface area contributed by atoms with Gasteiger partial charge in [-0.2, -0.15) is 5.10 Å². The van der Waals surface area contributed by atoms with Gasteiger partial charge in [0.2, 0.25) is 0 Å². The highest BCUT2D eigenvalue weighted by atomic mass is 16.5. The Hall–Kier alpha value is -4.58. The van der Waals surface area contributed by atoms with E-state index in [0.717, 1.165) is 52.2 Å². The summed E-state index contributed by atoms with van der Waals surface area (Å²) in [5, 5.41) is 6.78. The van der Waals surface area contributed by atoms with Gasteiger partial charge in [-0.05, 0) is 56.7 Å². The maximum atomic E-state index is 6.33. The molecule has 0 N–H and O–H groups in total. The van der Waals surface area contributed by atoms with E-state index in [1.165, 1.54) is 5.69 Å². The third-order valence-corrected chi connectivity index (χ3v) is 7.19. The van der Waals surface area contributed by atoms with Crippen LogP contribution in [0.2, 0.25) is 0 Å². The molecule has 0 radical (unpaired) electrons. The fourth-order valence-electron chi connectivity index (χ4n) is 5.05. The Bertz CT molecular complexity index is 1550. The zero-order chi connectivity index (χ0) is 26.1. The number of hydrogen-bond donors (Lipinski definition) is 0. The average Bonchev–Trinajstić information content (AvgIpc) is 3.49. The van der Waals surface area contributed by atoms with Gasteiger partial charge in [0.15, 0.2) is 0 Å². The van der Waals surface area contributed by atoms with Crippen LogP contribution in [0.15, 0.2) is 108 Å². The van der Waals surface area contributed by atoms with Gasteiger partial charge < -0.3 is 14.2 Å². The molecule has 1 aromatic heterocycles. The first-order valence-corrected chi connectivity index (χ1v) is 13.0. The van der Waals surface area contributed by atoms with Crippen LogP contribution in [0.25, 0.3) is 11.4 Å². The second-order valence-corrected chi connectivity index (χ2v) is 9.70. The van der Waals surface area contributed by atoms with E-state index in [1.54, 1.807) is 0 Å². The standard InChI is InChI=1S/C32H31N5O/c1-23-31(25-12-6-4-7-13-25)33-32(35(23)3)26-14-10-18-29(20-26)38-30-19-11-17-28(21-30)37-22-36(24(2)34-37)27-15-8-5-9-16-27/h4-12,14-21,25H,13,22H2,1-3H3/t25-/m1/s1. The number of nitrogens with zero attached hydrogens (tertiary/aromatic N) is 5. The summed E-state index contributed by atoms with van der Waals surface area (Å²) >= 11 is 0. The summed E-state index contributed by atoms with van der Waals surface area (Å²) in [7, 11) is 2.08. The Kier molecular flexibility index (Phi) is 6.30. The SMILES string of the molecule is CC1=NN(c2cccc(Oc3cccc(-c4nc([C@@H]5C=CC=CC5)c(C)n4C)c3)c2)CN1c1ccccc1. The smallest absolute Gasteiger partial charge is 0.140 e. The first-order chi connectivity index (χ1) is 18.6. The first-order valence-electron chi connectivity index (χ1n) is 13.0. The van der Waals surface area contributed by atoms with Gasteiger partial charge in [-0.15, -0.1) is 0 Å². The van der Waals surface area contributed by atoms with Gasteiger partial charge in [-0.1, -0.05) is 60.7 Å². The molecule has 6 heteroatoms. The number of hydrogen-bond acceptors (Lipinski definition) is 5. The molecule has 4 aromatic rings. The number of allylic oxidation sites excluding steroid dienone is 4. The molecule has 1 aliphatic carbocycles. The van der Waals surface area contributed by atoms with Gasteiger partial charge in [0.25, 0.3) is 0 Å². The van der Waals surface area contributed by atoms with Crippen LogP contribution in [-0.4, -0.2) is 22.1 Å². The normalized spacial score (nSPS) is 16.7. The topological polar surface area (TPSA) is 45.9 Å². The Morgan fingerprint density at radius 2 is 1.61 bits per heavy atom. The fraction of sp³-hybridized carbons (Fsp3) is 0.188. The zero-order valence-electron chi connectivity index (χ0n) is 22.0. The van der Waals surface area contributed by atoms with Crippen molar-refractivity contribution < 1.29 is 4.74 Å². The van der Waals surface area contributed by atoms with Crippen molar-refractivity contribution in [3.05, 3.63) is 115 Å². The number of aromatic nitrogens is 2. The predicted octanol–water partition coefficient (Wildman–Crippen LogP) is 7.41. The van der Waals surface area contributed by atoms with Gasteiger partial charge in [0.1, 0.15) is 29.8 Å². The molecule has 0 bridgehead atoms. The lowest BCUT2D eigenvalue weighted by molar-refractivity contribution is 0.483. The van der Waals surface area contributed by atoms with Crippen LogP contribution < -0.4 is 14.6 Å². The molecule has 6 nitrogen and oxygen atoms in total. The lowest BCUT2D eigenvalue weighted by Crippen LogP contribution is -2.29. The van der Waals surface area contributed by atoms with Crippen LogP contribution in [0, 0.1) is 6.92 Å². The molecule has 0 saturated heterocycles. The number of ether oxygens (including phenoxy) is 1. The van der Waals surface area contributed by atoms with E-state index in [4.69, 9.17) is 14.8 Å². The second-order valence-electron chi connectivity index (χ2n) is 9.70. The predicted molar refractivity (Wildman–Crippen MR) is 155 cm³/mol. The van der Waals surface area contributed by atoms with Crippen molar-refractivity contribution >= 4 is 17.2 Å². The highest BCUT2D eigenvalue weighted by Gasteiger charge is 2.23. The minimum Gasteiger partial charge on any atom is -0.457 e. The number of rotatable bonds is 6. The molecule has 2 aliphatic rings. The van der Waals surface area contributed by atoms with Crippen molar-refractivity contribution in [1.29, 1.82) is 0 Å². The van der Waals surface area contributed by atoms with Gasteiger partial charge >= 0.3 is 0 Å². The lowest BCUT2D eigenvalue weighted by Gasteiger charge is -2.20. The quantitative estimate of drug-likeness (QED) is 0.276. The lowest BCUT2D eigenvalue weighted by atomic mass is 9.96. The maximum Gasteiger partial charge on any atom is 0.140 e. The largest absolute Gasteiger partial charge is 0.457 e. The summed E-state index contributed by atoms with van der Waals surface area (Å²) in [5.74, 6) is 3.76.